The molecule has 17 heteroatoms. The number of ether oxygens (including phenoxy) is 5. The number of aliphatic carboxylic acids is 1. The Morgan fingerprint density at radius 2 is 1.65 bits per heavy atom. The van der Waals surface area contributed by atoms with Gasteiger partial charge in [-0.05, 0) is 97.7 Å². The minimum Gasteiger partial charge on any atom is -0.479 e. The van der Waals surface area contributed by atoms with E-state index in [1.54, 1.807) is 0 Å². The SMILES string of the molecule is CC(C)CC1OC1C(C)[C@H]1CCC2C3CC(OS(=O)(=O)O)C4C[C@@H](OC5OC(C(=O)O)C(O)C(O)C5OC5OCC(O)C(O)C5O)CC[C@]4(C)C3=CC[C@@]21C. The molecule has 3 heterocycles. The van der Waals surface area contributed by atoms with Gasteiger partial charge in [0.1, 0.15) is 36.6 Å². The molecule has 7 rings (SSSR count). The van der Waals surface area contributed by atoms with Gasteiger partial charge < -0.3 is 54.3 Å². The van der Waals surface area contributed by atoms with Gasteiger partial charge in [0.15, 0.2) is 18.7 Å². The van der Waals surface area contributed by atoms with Gasteiger partial charge in [0.2, 0.25) is 0 Å². The van der Waals surface area contributed by atoms with Crippen LogP contribution in [0, 0.1) is 46.3 Å². The van der Waals surface area contributed by atoms with Crippen molar-refractivity contribution in [2.45, 2.75) is 166 Å². The van der Waals surface area contributed by atoms with Crippen molar-refractivity contribution in [3.63, 3.8) is 0 Å². The fourth-order valence-electron chi connectivity index (χ4n) is 11.8. The van der Waals surface area contributed by atoms with Crippen molar-refractivity contribution < 1.29 is 76.3 Å². The minimum absolute atomic E-state index is 0.0166. The first-order valence-electron chi connectivity index (χ1n) is 20.0. The summed E-state index contributed by atoms with van der Waals surface area (Å²) in [6.45, 7) is 10.8. The van der Waals surface area contributed by atoms with Crippen molar-refractivity contribution in [3.05, 3.63) is 11.6 Å². The van der Waals surface area contributed by atoms with Crippen LogP contribution in [0.4, 0.5) is 0 Å². The molecule has 4 aliphatic carbocycles. The van der Waals surface area contributed by atoms with Crippen LogP contribution in [0.5, 0.6) is 0 Å². The van der Waals surface area contributed by atoms with Crippen LogP contribution in [0.3, 0.4) is 0 Å². The fraction of sp³-hybridized carbons (Fsp3) is 0.921. The number of carboxylic acid groups (broad SMARTS) is 1. The second kappa shape index (κ2) is 15.4. The van der Waals surface area contributed by atoms with Crippen LogP contribution in [0.1, 0.15) is 86.0 Å². The van der Waals surface area contributed by atoms with Crippen molar-refractivity contribution in [1.82, 2.24) is 0 Å². The lowest BCUT2D eigenvalue weighted by Gasteiger charge is -2.59. The van der Waals surface area contributed by atoms with Crippen LogP contribution < -0.4 is 0 Å². The van der Waals surface area contributed by atoms with E-state index in [2.05, 4.69) is 40.7 Å². The fourth-order valence-corrected chi connectivity index (χ4v) is 12.4. The number of rotatable bonds is 11. The molecule has 314 valence electrons. The Balaban J connectivity index is 1.12. The minimum atomic E-state index is -4.86. The number of epoxide rings is 1. The zero-order valence-corrected chi connectivity index (χ0v) is 32.9. The third-order valence-electron chi connectivity index (χ3n) is 14.6. The summed E-state index contributed by atoms with van der Waals surface area (Å²) in [6, 6.07) is 0. The van der Waals surface area contributed by atoms with E-state index in [1.165, 1.54) is 5.57 Å². The molecule has 0 radical (unpaired) electrons. The first-order valence-corrected chi connectivity index (χ1v) is 21.3. The van der Waals surface area contributed by atoms with Gasteiger partial charge in [0, 0.05) is 0 Å². The molecule has 3 saturated carbocycles. The number of carboxylic acids is 1. The molecule has 0 aromatic carbocycles. The van der Waals surface area contributed by atoms with Gasteiger partial charge >= 0.3 is 16.4 Å². The van der Waals surface area contributed by atoms with Crippen molar-refractivity contribution in [3.8, 4) is 0 Å². The van der Waals surface area contributed by atoms with E-state index in [0.29, 0.717) is 43.1 Å². The highest BCUT2D eigenvalue weighted by Crippen LogP contribution is 2.67. The molecule has 3 saturated heterocycles. The molecule has 0 aromatic heterocycles. The Kier molecular flexibility index (Phi) is 11.7. The zero-order valence-electron chi connectivity index (χ0n) is 32.1. The molecule has 0 aromatic rings. The van der Waals surface area contributed by atoms with Crippen molar-refractivity contribution in [1.29, 1.82) is 0 Å². The Bertz CT molecular complexity index is 1560. The Hall–Kier alpha value is -1.32. The summed E-state index contributed by atoms with van der Waals surface area (Å²) in [7, 11) is -4.86. The maximum Gasteiger partial charge on any atom is 0.397 e. The predicted octanol–water partition coefficient (Wildman–Crippen LogP) is 1.55. The second-order valence-electron chi connectivity index (χ2n) is 18.3. The van der Waals surface area contributed by atoms with E-state index in [-0.39, 0.29) is 29.8 Å². The molecule has 0 spiro atoms. The number of hydrogen-bond donors (Lipinski definition) is 7. The Labute approximate surface area is 322 Å². The maximum absolute atomic E-state index is 12.4. The molecular weight excluding hydrogens is 744 g/mol. The van der Waals surface area contributed by atoms with E-state index in [9.17, 15) is 48.4 Å². The van der Waals surface area contributed by atoms with E-state index in [1.807, 2.05) is 0 Å². The lowest BCUT2D eigenvalue weighted by atomic mass is 9.47. The number of fused-ring (bicyclic) bond motifs is 5. The Morgan fingerprint density at radius 1 is 0.927 bits per heavy atom. The molecule has 3 aliphatic heterocycles. The van der Waals surface area contributed by atoms with Gasteiger partial charge in [-0.2, -0.15) is 8.42 Å². The van der Waals surface area contributed by atoms with Crippen LogP contribution >= 0.6 is 0 Å². The van der Waals surface area contributed by atoms with E-state index >= 15 is 0 Å². The largest absolute Gasteiger partial charge is 0.479 e. The maximum atomic E-state index is 12.4. The molecule has 16 nitrogen and oxygen atoms in total. The van der Waals surface area contributed by atoms with Gasteiger partial charge in [-0.3, -0.25) is 4.55 Å². The van der Waals surface area contributed by atoms with Gasteiger partial charge in [-0.1, -0.05) is 46.3 Å². The number of carbonyl (C=O) groups is 1. The highest BCUT2D eigenvalue weighted by molar-refractivity contribution is 7.80. The molecule has 16 unspecified atom stereocenters. The lowest BCUT2D eigenvalue weighted by Crippen LogP contribution is -2.64. The predicted molar refractivity (Wildman–Crippen MR) is 190 cm³/mol. The normalized spacial score (nSPS) is 50.4. The summed E-state index contributed by atoms with van der Waals surface area (Å²) < 4.78 is 69.7. The lowest BCUT2D eigenvalue weighted by molar-refractivity contribution is -0.359. The number of hydrogen-bond acceptors (Lipinski definition) is 14. The summed E-state index contributed by atoms with van der Waals surface area (Å²) >= 11 is 0. The zero-order chi connectivity index (χ0) is 39.9. The van der Waals surface area contributed by atoms with Gasteiger partial charge in [-0.15, -0.1) is 0 Å². The topological polar surface area (TPSA) is 251 Å². The van der Waals surface area contributed by atoms with Gasteiger partial charge in [0.25, 0.3) is 0 Å². The van der Waals surface area contributed by atoms with Gasteiger partial charge in [0.05, 0.1) is 31.0 Å². The molecule has 6 fully saturated rings. The number of aliphatic hydroxyl groups is 5. The molecule has 20 atom stereocenters. The molecular formula is C38H60O16S. The molecule has 0 bridgehead atoms. The quantitative estimate of drug-likeness (QED) is 0.0677. The smallest absolute Gasteiger partial charge is 0.397 e. The highest BCUT2D eigenvalue weighted by atomic mass is 32.3. The Morgan fingerprint density at radius 3 is 2.33 bits per heavy atom. The van der Waals surface area contributed by atoms with Crippen molar-refractivity contribution >= 4 is 16.4 Å². The average molecular weight is 805 g/mol. The summed E-state index contributed by atoms with van der Waals surface area (Å²) in [5.41, 5.74) is 0.730. The average Bonchev–Trinajstić information content (AvgIpc) is 3.76. The second-order valence-corrected chi connectivity index (χ2v) is 19.4. The monoisotopic (exact) mass is 804 g/mol. The van der Waals surface area contributed by atoms with Crippen LogP contribution in [0.25, 0.3) is 0 Å². The summed E-state index contributed by atoms with van der Waals surface area (Å²) in [6.07, 6.45) is -8.57. The first-order chi connectivity index (χ1) is 25.7. The number of aliphatic hydroxyl groups excluding tert-OH is 5. The molecule has 55 heavy (non-hydrogen) atoms. The summed E-state index contributed by atoms with van der Waals surface area (Å²) in [4.78, 5) is 12.0. The van der Waals surface area contributed by atoms with Crippen molar-refractivity contribution in [2.75, 3.05) is 6.61 Å². The van der Waals surface area contributed by atoms with Crippen LogP contribution in [-0.4, -0.2) is 136 Å². The van der Waals surface area contributed by atoms with Crippen LogP contribution in [-0.2, 0) is 43.1 Å². The van der Waals surface area contributed by atoms with Crippen molar-refractivity contribution in [2.24, 2.45) is 46.3 Å². The van der Waals surface area contributed by atoms with Crippen LogP contribution in [0.2, 0.25) is 0 Å². The molecule has 0 amide bonds. The standard InChI is InChI=1S/C38H60O16S/c1-16(2)12-26-31(51-26)17(3)20-6-7-21-19-14-25(54-55(46,47)48)23-13-18(8-10-38(23,5)22(19)9-11-37(20,21)4)50-36-33(29(42)28(41)32(52-36)34(44)45)53-35-30(43)27(40)24(39)15-49-35/h9,16-21,23-33,35-36,39-43H,6-8,10-15H2,1-5H3,(H,44,45)(H,46,47,48)/t17?,18-,19?,20+,21?,23?,24?,25?,26?,27?,28?,29?,30?,31?,32?,33?,35?,36?,37+,38+/m0/s1. The van der Waals surface area contributed by atoms with Gasteiger partial charge in [-0.25, -0.2) is 8.98 Å². The molecule has 7 N–H and O–H groups in total. The van der Waals surface area contributed by atoms with E-state index < -0.39 is 102 Å². The third-order valence-corrected chi connectivity index (χ3v) is 15.1. The van der Waals surface area contributed by atoms with E-state index in [4.69, 9.17) is 27.9 Å². The number of allylic oxidation sites excluding steroid dienone is 2. The van der Waals surface area contributed by atoms with Crippen LogP contribution in [0.15, 0.2) is 11.6 Å². The highest BCUT2D eigenvalue weighted by Gasteiger charge is 2.63. The van der Waals surface area contributed by atoms with E-state index in [0.717, 1.165) is 25.7 Å². The summed E-state index contributed by atoms with van der Waals surface area (Å²) in [5, 5.41) is 62.1. The first kappa shape index (κ1) is 41.8. The molecule has 7 aliphatic rings. The third kappa shape index (κ3) is 7.80. The summed E-state index contributed by atoms with van der Waals surface area (Å²) in [5.74, 6) is -0.311.